The molecule has 4 aromatic rings. The minimum absolute atomic E-state index is 0.117. The van der Waals surface area contributed by atoms with Crippen LogP contribution in [0.15, 0.2) is 42.7 Å². The van der Waals surface area contributed by atoms with E-state index in [4.69, 9.17) is 4.74 Å². The highest BCUT2D eigenvalue weighted by molar-refractivity contribution is 5.90. The zero-order valence-electron chi connectivity index (χ0n) is 25.9. The van der Waals surface area contributed by atoms with Gasteiger partial charge in [-0.05, 0) is 80.7 Å². The second-order valence-corrected chi connectivity index (χ2v) is 13.2. The summed E-state index contributed by atoms with van der Waals surface area (Å²) in [6.07, 6.45) is -2.39. The first-order valence-electron chi connectivity index (χ1n) is 15.7. The van der Waals surface area contributed by atoms with Crippen LogP contribution in [0.2, 0.25) is 0 Å². The largest absolute Gasteiger partial charge is 0.393 e. The predicted molar refractivity (Wildman–Crippen MR) is 167 cm³/mol. The Kier molecular flexibility index (Phi) is 7.64. The van der Waals surface area contributed by atoms with E-state index in [2.05, 4.69) is 50.2 Å². The number of likely N-dealkylation sites (tertiary alicyclic amines) is 1. The SMILES string of the molecule is Cc1c(CN2CCC3(CC2)CN(c2ncnc4ccc(CC(F)(F)F)cc24)C3)ccc2c1cc(C#N)n2CC1CNC(=O)C(C)O1. The minimum atomic E-state index is -4.27. The number of aromatic nitrogens is 3. The van der Waals surface area contributed by atoms with E-state index >= 15 is 0 Å². The Labute approximate surface area is 264 Å². The Morgan fingerprint density at radius 2 is 1.89 bits per heavy atom. The normalized spacial score (nSPS) is 21.8. The molecule has 46 heavy (non-hydrogen) atoms. The monoisotopic (exact) mass is 631 g/mol. The summed E-state index contributed by atoms with van der Waals surface area (Å²) >= 11 is 0. The lowest BCUT2D eigenvalue weighted by Gasteiger charge is -2.54. The van der Waals surface area contributed by atoms with Crippen LogP contribution in [-0.4, -0.2) is 76.5 Å². The van der Waals surface area contributed by atoms with E-state index in [9.17, 15) is 23.2 Å². The van der Waals surface area contributed by atoms with Gasteiger partial charge < -0.3 is 19.5 Å². The van der Waals surface area contributed by atoms with Gasteiger partial charge in [-0.25, -0.2) is 9.97 Å². The summed E-state index contributed by atoms with van der Waals surface area (Å²) in [6.45, 7) is 9.15. The third-order valence-electron chi connectivity index (χ3n) is 9.98. The number of hydrogen-bond acceptors (Lipinski definition) is 7. The molecular weight excluding hydrogens is 595 g/mol. The Hall–Kier alpha value is -4.21. The molecule has 240 valence electrons. The van der Waals surface area contributed by atoms with Crippen molar-refractivity contribution >= 4 is 33.5 Å². The first kappa shape index (κ1) is 30.4. The number of nitrogens with zero attached hydrogens (tertiary/aromatic N) is 6. The summed E-state index contributed by atoms with van der Waals surface area (Å²) in [4.78, 5) is 25.2. The topological polar surface area (TPSA) is 99.3 Å². The number of ether oxygens (including phenoxy) is 1. The van der Waals surface area contributed by atoms with Gasteiger partial charge in [-0.1, -0.05) is 12.1 Å². The summed E-state index contributed by atoms with van der Waals surface area (Å²) in [6, 6.07) is 13.3. The Bertz CT molecular complexity index is 1850. The van der Waals surface area contributed by atoms with Gasteiger partial charge in [-0.2, -0.15) is 18.4 Å². The summed E-state index contributed by atoms with van der Waals surface area (Å²) in [5, 5.41) is 14.5. The van der Waals surface area contributed by atoms with E-state index in [1.807, 2.05) is 10.6 Å². The summed E-state index contributed by atoms with van der Waals surface area (Å²) in [5.74, 6) is 0.595. The highest BCUT2D eigenvalue weighted by atomic mass is 19.4. The zero-order valence-corrected chi connectivity index (χ0v) is 25.9. The fourth-order valence-corrected chi connectivity index (χ4v) is 7.39. The number of rotatable bonds is 6. The highest BCUT2D eigenvalue weighted by Crippen LogP contribution is 2.44. The third-order valence-corrected chi connectivity index (χ3v) is 9.98. The number of morpholine rings is 1. The molecule has 0 radical (unpaired) electrons. The number of nitrogens with one attached hydrogen (secondary N) is 1. The van der Waals surface area contributed by atoms with Gasteiger partial charge in [0.25, 0.3) is 0 Å². The molecule has 3 aliphatic rings. The van der Waals surface area contributed by atoms with Crippen molar-refractivity contribution in [1.82, 2.24) is 24.8 Å². The molecule has 0 bridgehead atoms. The first-order valence-corrected chi connectivity index (χ1v) is 15.7. The second-order valence-electron chi connectivity index (χ2n) is 13.2. The number of amides is 1. The smallest absolute Gasteiger partial charge is 0.362 e. The molecule has 9 nitrogen and oxygen atoms in total. The number of aryl methyl sites for hydroxylation is 1. The standard InChI is InChI=1S/C34H36F3N7O2/c1-21-24(4-6-30-27(21)12-25(14-38)44(30)17-26-15-39-32(45)22(2)46-26)16-42-9-7-33(8-10-42)18-43(19-33)31-28-11-23(13-34(35,36)37)3-5-29(28)40-20-41-31/h3-6,11-12,20,22,26H,7-10,13,15-19H2,1-2H3,(H,39,45). The second kappa shape index (κ2) is 11.5. The maximum Gasteiger partial charge on any atom is 0.393 e. The summed E-state index contributed by atoms with van der Waals surface area (Å²) in [7, 11) is 0. The number of carbonyl (C=O) groups is 1. The average Bonchev–Trinajstić information content (AvgIpc) is 3.36. The number of nitriles is 1. The third kappa shape index (κ3) is 5.78. The fraction of sp³-hybridized carbons (Fsp3) is 0.471. The lowest BCUT2D eigenvalue weighted by molar-refractivity contribution is -0.143. The molecule has 12 heteroatoms. The van der Waals surface area contributed by atoms with Gasteiger partial charge in [-0.3, -0.25) is 9.69 Å². The molecule has 2 aromatic carbocycles. The van der Waals surface area contributed by atoms with Crippen molar-refractivity contribution in [2.24, 2.45) is 5.41 Å². The number of benzene rings is 2. The van der Waals surface area contributed by atoms with Crippen molar-refractivity contribution in [3.63, 3.8) is 0 Å². The average molecular weight is 632 g/mol. The molecule has 3 aliphatic heterocycles. The van der Waals surface area contributed by atoms with E-state index in [0.717, 1.165) is 62.0 Å². The first-order chi connectivity index (χ1) is 22.0. The van der Waals surface area contributed by atoms with Crippen LogP contribution in [0.1, 0.15) is 42.1 Å². The molecule has 2 unspecified atom stereocenters. The van der Waals surface area contributed by atoms with Gasteiger partial charge in [0, 0.05) is 47.9 Å². The van der Waals surface area contributed by atoms with Gasteiger partial charge in [-0.15, -0.1) is 0 Å². The fourth-order valence-electron chi connectivity index (χ4n) is 7.39. The van der Waals surface area contributed by atoms with Crippen molar-refractivity contribution in [3.05, 3.63) is 65.1 Å². The number of alkyl halides is 3. The molecular formula is C34H36F3N7O2. The number of anilines is 1. The van der Waals surface area contributed by atoms with Crippen molar-refractivity contribution in [1.29, 1.82) is 5.26 Å². The Morgan fingerprint density at radius 1 is 1.11 bits per heavy atom. The summed E-state index contributed by atoms with van der Waals surface area (Å²) < 4.78 is 47.0. The quantitative estimate of drug-likeness (QED) is 0.324. The number of hydrogen-bond donors (Lipinski definition) is 1. The van der Waals surface area contributed by atoms with E-state index in [1.54, 1.807) is 19.1 Å². The van der Waals surface area contributed by atoms with Gasteiger partial charge in [0.15, 0.2) is 0 Å². The number of piperidine rings is 1. The molecule has 3 fully saturated rings. The molecule has 0 aliphatic carbocycles. The lowest BCUT2D eigenvalue weighted by Crippen LogP contribution is -2.60. The van der Waals surface area contributed by atoms with Gasteiger partial charge >= 0.3 is 6.18 Å². The minimum Gasteiger partial charge on any atom is -0.362 e. The lowest BCUT2D eigenvalue weighted by atomic mass is 9.72. The number of halogens is 3. The molecule has 5 heterocycles. The van der Waals surface area contributed by atoms with Crippen molar-refractivity contribution < 1.29 is 22.7 Å². The van der Waals surface area contributed by atoms with Crippen molar-refractivity contribution in [2.45, 2.75) is 64.6 Å². The van der Waals surface area contributed by atoms with Gasteiger partial charge in [0.2, 0.25) is 5.91 Å². The van der Waals surface area contributed by atoms with Crippen LogP contribution in [-0.2, 0) is 29.0 Å². The maximum atomic E-state index is 13.0. The molecule has 1 spiro atoms. The van der Waals surface area contributed by atoms with Crippen LogP contribution >= 0.6 is 0 Å². The zero-order chi connectivity index (χ0) is 32.2. The van der Waals surface area contributed by atoms with Gasteiger partial charge in [0.05, 0.1) is 24.6 Å². The number of fused-ring (bicyclic) bond motifs is 2. The van der Waals surface area contributed by atoms with Crippen LogP contribution < -0.4 is 10.2 Å². The van der Waals surface area contributed by atoms with Gasteiger partial charge in [0.1, 0.15) is 30.0 Å². The van der Waals surface area contributed by atoms with E-state index in [1.165, 1.54) is 18.0 Å². The van der Waals surface area contributed by atoms with Crippen LogP contribution in [0.25, 0.3) is 21.8 Å². The Balaban J connectivity index is 1.00. The van der Waals surface area contributed by atoms with Crippen LogP contribution in [0.3, 0.4) is 0 Å². The van der Waals surface area contributed by atoms with E-state index in [-0.39, 0.29) is 23.0 Å². The molecule has 3 saturated heterocycles. The Morgan fingerprint density at radius 3 is 2.61 bits per heavy atom. The van der Waals surface area contributed by atoms with Crippen LogP contribution in [0.4, 0.5) is 19.0 Å². The molecule has 0 saturated carbocycles. The predicted octanol–water partition coefficient (Wildman–Crippen LogP) is 4.88. The molecule has 2 atom stereocenters. The van der Waals surface area contributed by atoms with E-state index < -0.39 is 18.7 Å². The van der Waals surface area contributed by atoms with Crippen molar-refractivity contribution in [3.8, 4) is 6.07 Å². The van der Waals surface area contributed by atoms with Crippen molar-refractivity contribution in [2.75, 3.05) is 37.6 Å². The van der Waals surface area contributed by atoms with E-state index in [0.29, 0.717) is 35.5 Å². The van der Waals surface area contributed by atoms with Crippen LogP contribution in [0, 0.1) is 23.7 Å². The highest BCUT2D eigenvalue weighted by Gasteiger charge is 2.45. The van der Waals surface area contributed by atoms with Crippen LogP contribution in [0.5, 0.6) is 0 Å². The number of carbonyl (C=O) groups excluding carboxylic acids is 1. The summed E-state index contributed by atoms with van der Waals surface area (Å²) in [5.41, 5.74) is 5.00. The molecule has 1 amide bonds. The molecule has 2 aromatic heterocycles. The maximum absolute atomic E-state index is 13.0. The molecule has 1 N–H and O–H groups in total. The molecule has 7 rings (SSSR count).